The van der Waals surface area contributed by atoms with Crippen molar-refractivity contribution in [2.24, 2.45) is 0 Å². The van der Waals surface area contributed by atoms with E-state index in [0.717, 1.165) is 22.6 Å². The van der Waals surface area contributed by atoms with Gasteiger partial charge in [-0.3, -0.25) is 14.4 Å². The van der Waals surface area contributed by atoms with E-state index in [9.17, 15) is 14.4 Å². The zero-order chi connectivity index (χ0) is 21.5. The van der Waals surface area contributed by atoms with Gasteiger partial charge in [0, 0.05) is 31.5 Å². The third kappa shape index (κ3) is 6.28. The van der Waals surface area contributed by atoms with Crippen molar-refractivity contribution >= 4 is 56.4 Å². The number of carbonyl (C=O) groups is 3. The third-order valence-corrected chi connectivity index (χ3v) is 6.15. The number of ether oxygens (including phenoxy) is 1. The number of nitrogens with one attached hydrogen (secondary N) is 2. The first kappa shape index (κ1) is 22.3. The maximum Gasteiger partial charge on any atom is 0.261 e. The van der Waals surface area contributed by atoms with Crippen LogP contribution in [0.4, 0.5) is 11.4 Å². The smallest absolute Gasteiger partial charge is 0.261 e. The molecular weight excluding hydrogens is 472 g/mol. The number of rotatable bonds is 7. The van der Waals surface area contributed by atoms with Crippen LogP contribution in [0.1, 0.15) is 9.67 Å². The van der Waals surface area contributed by atoms with Crippen molar-refractivity contribution in [3.63, 3.8) is 0 Å². The van der Waals surface area contributed by atoms with Gasteiger partial charge in [-0.15, -0.1) is 11.3 Å². The largest absolute Gasteiger partial charge is 0.378 e. The van der Waals surface area contributed by atoms with E-state index in [1.165, 1.54) is 23.3 Å². The normalized spacial score (nSPS) is 13.6. The summed E-state index contributed by atoms with van der Waals surface area (Å²) in [6.45, 7) is 2.84. The van der Waals surface area contributed by atoms with E-state index in [4.69, 9.17) is 4.74 Å². The SMILES string of the molecule is CN(CC(=O)Nc1ccc(N2CCOCC2)cc1)C(=O)CNC(=O)c1ccc(Br)s1. The van der Waals surface area contributed by atoms with E-state index in [1.54, 1.807) is 12.1 Å². The number of thiophene rings is 1. The second-order valence-electron chi connectivity index (χ2n) is 6.73. The van der Waals surface area contributed by atoms with Crippen molar-refractivity contribution in [3.8, 4) is 0 Å². The summed E-state index contributed by atoms with van der Waals surface area (Å²) in [6, 6.07) is 11.0. The molecule has 1 aromatic carbocycles. The van der Waals surface area contributed by atoms with Crippen molar-refractivity contribution in [1.29, 1.82) is 0 Å². The number of hydrogen-bond donors (Lipinski definition) is 2. The molecule has 0 radical (unpaired) electrons. The van der Waals surface area contributed by atoms with Gasteiger partial charge >= 0.3 is 0 Å². The van der Waals surface area contributed by atoms with Crippen LogP contribution in [0.25, 0.3) is 0 Å². The highest BCUT2D eigenvalue weighted by molar-refractivity contribution is 9.11. The molecule has 2 aromatic rings. The lowest BCUT2D eigenvalue weighted by Crippen LogP contribution is -2.41. The minimum Gasteiger partial charge on any atom is -0.378 e. The number of anilines is 2. The number of likely N-dealkylation sites (N-methyl/N-ethyl adjacent to an activating group) is 1. The first-order valence-electron chi connectivity index (χ1n) is 9.42. The van der Waals surface area contributed by atoms with Gasteiger partial charge in [0.25, 0.3) is 5.91 Å². The molecule has 2 heterocycles. The Morgan fingerprint density at radius 2 is 1.83 bits per heavy atom. The van der Waals surface area contributed by atoms with Gasteiger partial charge in [0.2, 0.25) is 11.8 Å². The van der Waals surface area contributed by atoms with E-state index >= 15 is 0 Å². The molecule has 0 saturated carbocycles. The Balaban J connectivity index is 1.43. The summed E-state index contributed by atoms with van der Waals surface area (Å²) in [6.07, 6.45) is 0. The molecule has 30 heavy (non-hydrogen) atoms. The van der Waals surface area contributed by atoms with Gasteiger partial charge in [0.05, 0.1) is 35.0 Å². The highest BCUT2D eigenvalue weighted by atomic mass is 79.9. The van der Waals surface area contributed by atoms with Crippen LogP contribution in [0.3, 0.4) is 0 Å². The number of hydrogen-bond acceptors (Lipinski definition) is 6. The molecule has 3 rings (SSSR count). The maximum absolute atomic E-state index is 12.3. The van der Waals surface area contributed by atoms with Gasteiger partial charge in [0.1, 0.15) is 0 Å². The Morgan fingerprint density at radius 3 is 2.47 bits per heavy atom. The fourth-order valence-electron chi connectivity index (χ4n) is 2.90. The van der Waals surface area contributed by atoms with Crippen LogP contribution >= 0.6 is 27.3 Å². The quantitative estimate of drug-likeness (QED) is 0.615. The first-order valence-corrected chi connectivity index (χ1v) is 11.0. The molecule has 1 aliphatic rings. The van der Waals surface area contributed by atoms with Crippen molar-refractivity contribution in [2.45, 2.75) is 0 Å². The van der Waals surface area contributed by atoms with E-state index in [1.807, 2.05) is 24.3 Å². The average Bonchev–Trinajstić information content (AvgIpc) is 3.19. The van der Waals surface area contributed by atoms with Crippen LogP contribution < -0.4 is 15.5 Å². The molecule has 0 aliphatic carbocycles. The van der Waals surface area contributed by atoms with Crippen LogP contribution in [0.2, 0.25) is 0 Å². The summed E-state index contributed by atoms with van der Waals surface area (Å²) in [5.74, 6) is -0.979. The van der Waals surface area contributed by atoms with Crippen molar-refractivity contribution < 1.29 is 19.1 Å². The van der Waals surface area contributed by atoms with Crippen molar-refractivity contribution in [3.05, 3.63) is 45.1 Å². The topological polar surface area (TPSA) is 91.0 Å². The molecule has 0 unspecified atom stereocenters. The molecule has 1 saturated heterocycles. The molecule has 3 amide bonds. The molecule has 1 aromatic heterocycles. The number of amides is 3. The van der Waals surface area contributed by atoms with E-state index in [0.29, 0.717) is 23.8 Å². The maximum atomic E-state index is 12.3. The number of morpholine rings is 1. The Labute approximate surface area is 187 Å². The average molecular weight is 495 g/mol. The zero-order valence-electron chi connectivity index (χ0n) is 16.5. The molecule has 2 N–H and O–H groups in total. The monoisotopic (exact) mass is 494 g/mol. The summed E-state index contributed by atoms with van der Waals surface area (Å²) in [5.41, 5.74) is 1.74. The van der Waals surface area contributed by atoms with Gasteiger partial charge in [0.15, 0.2) is 0 Å². The molecule has 1 aliphatic heterocycles. The van der Waals surface area contributed by atoms with Gasteiger partial charge in [-0.25, -0.2) is 0 Å². The minimum absolute atomic E-state index is 0.107. The third-order valence-electron chi connectivity index (χ3n) is 4.53. The lowest BCUT2D eigenvalue weighted by Gasteiger charge is -2.28. The minimum atomic E-state index is -0.350. The van der Waals surface area contributed by atoms with Crippen LogP contribution in [0.15, 0.2) is 40.2 Å². The summed E-state index contributed by atoms with van der Waals surface area (Å²) in [4.78, 5) is 40.5. The summed E-state index contributed by atoms with van der Waals surface area (Å²) >= 11 is 4.58. The molecular formula is C20H23BrN4O4S. The number of nitrogens with zero attached hydrogens (tertiary/aromatic N) is 2. The fourth-order valence-corrected chi connectivity index (χ4v) is 4.20. The lowest BCUT2D eigenvalue weighted by atomic mass is 10.2. The Bertz CT molecular complexity index is 896. The predicted octanol–water partition coefficient (Wildman–Crippen LogP) is 2.17. The van der Waals surface area contributed by atoms with E-state index in [-0.39, 0.29) is 30.8 Å². The molecule has 0 bridgehead atoms. The van der Waals surface area contributed by atoms with E-state index < -0.39 is 0 Å². The Kier molecular flexibility index (Phi) is 7.83. The number of halogens is 1. The van der Waals surface area contributed by atoms with E-state index in [2.05, 4.69) is 31.5 Å². The van der Waals surface area contributed by atoms with Crippen molar-refractivity contribution in [1.82, 2.24) is 10.2 Å². The lowest BCUT2D eigenvalue weighted by molar-refractivity contribution is -0.132. The van der Waals surface area contributed by atoms with Crippen LogP contribution in [-0.2, 0) is 14.3 Å². The summed E-state index contributed by atoms with van der Waals surface area (Å²) < 4.78 is 6.19. The second kappa shape index (κ2) is 10.6. The highest BCUT2D eigenvalue weighted by Gasteiger charge is 2.16. The molecule has 0 atom stereocenters. The summed E-state index contributed by atoms with van der Waals surface area (Å²) in [5, 5.41) is 5.35. The second-order valence-corrected chi connectivity index (χ2v) is 9.19. The first-order chi connectivity index (χ1) is 14.4. The fraction of sp³-hybridized carbons (Fsp3) is 0.350. The summed E-state index contributed by atoms with van der Waals surface area (Å²) in [7, 11) is 1.53. The van der Waals surface area contributed by atoms with Gasteiger partial charge in [-0.2, -0.15) is 0 Å². The number of benzene rings is 1. The Morgan fingerprint density at radius 1 is 1.13 bits per heavy atom. The highest BCUT2D eigenvalue weighted by Crippen LogP contribution is 2.22. The molecule has 160 valence electrons. The van der Waals surface area contributed by atoms with Crippen LogP contribution in [0, 0.1) is 0 Å². The van der Waals surface area contributed by atoms with Gasteiger partial charge in [-0.1, -0.05) is 0 Å². The number of carbonyl (C=O) groups excluding carboxylic acids is 3. The molecule has 0 spiro atoms. The Hall–Kier alpha value is -2.43. The van der Waals surface area contributed by atoms with Crippen LogP contribution in [0.5, 0.6) is 0 Å². The van der Waals surface area contributed by atoms with Gasteiger partial charge in [-0.05, 0) is 52.3 Å². The molecule has 8 nitrogen and oxygen atoms in total. The zero-order valence-corrected chi connectivity index (χ0v) is 18.9. The standard InChI is InChI=1S/C20H23BrN4O4S/c1-24(19(27)12-22-20(28)16-6-7-17(21)30-16)13-18(26)23-14-2-4-15(5-3-14)25-8-10-29-11-9-25/h2-7H,8-13H2,1H3,(H,22,28)(H,23,26). The van der Waals surface area contributed by atoms with Gasteiger partial charge < -0.3 is 25.2 Å². The predicted molar refractivity (Wildman–Crippen MR) is 120 cm³/mol. The van der Waals surface area contributed by atoms with Crippen molar-refractivity contribution in [2.75, 3.05) is 56.7 Å². The molecule has 1 fully saturated rings. The van der Waals surface area contributed by atoms with Crippen LogP contribution in [-0.4, -0.2) is 69.1 Å². The molecule has 10 heteroatoms.